The van der Waals surface area contributed by atoms with Crippen LogP contribution in [0.3, 0.4) is 0 Å². The van der Waals surface area contributed by atoms with Gasteiger partial charge in [0.25, 0.3) is 0 Å². The van der Waals surface area contributed by atoms with Crippen LogP contribution in [0.25, 0.3) is 0 Å². The molecule has 0 bridgehead atoms. The minimum absolute atomic E-state index is 0.476. The van der Waals surface area contributed by atoms with Crippen LogP contribution in [-0.2, 0) is 19.6 Å². The van der Waals surface area contributed by atoms with E-state index in [1.165, 1.54) is 11.1 Å². The fourth-order valence-corrected chi connectivity index (χ4v) is 3.13. The lowest BCUT2D eigenvalue weighted by Crippen LogP contribution is -2.25. The molecule has 0 fully saturated rings. The lowest BCUT2D eigenvalue weighted by molar-refractivity contribution is 0.306. The minimum atomic E-state index is 0.476. The van der Waals surface area contributed by atoms with E-state index in [1.54, 1.807) is 0 Å². The van der Waals surface area contributed by atoms with Gasteiger partial charge < -0.3 is 10.1 Å². The minimum Gasteiger partial charge on any atom is -0.489 e. The Morgan fingerprint density at radius 1 is 0.852 bits per heavy atom. The molecule has 0 spiro atoms. The zero-order chi connectivity index (χ0) is 18.9. The van der Waals surface area contributed by atoms with E-state index in [9.17, 15) is 0 Å². The van der Waals surface area contributed by atoms with Gasteiger partial charge in [-0.2, -0.15) is 0 Å². The third kappa shape index (κ3) is 6.74. The predicted molar refractivity (Wildman–Crippen MR) is 113 cm³/mol. The average Bonchev–Trinajstić information content (AvgIpc) is 2.71. The Bertz CT molecular complexity index is 817. The Balaban J connectivity index is 1.40. The average molecular weight is 380 g/mol. The highest BCUT2D eigenvalue weighted by atomic mass is 35.5. The van der Waals surface area contributed by atoms with E-state index < -0.39 is 0 Å². The van der Waals surface area contributed by atoms with Crippen LogP contribution in [0, 0.1) is 0 Å². The van der Waals surface area contributed by atoms with Crippen LogP contribution in [0.1, 0.15) is 30.0 Å². The molecule has 1 N–H and O–H groups in total. The maximum absolute atomic E-state index is 6.00. The molecule has 0 aliphatic heterocycles. The number of benzene rings is 3. The molecule has 0 amide bonds. The van der Waals surface area contributed by atoms with Crippen molar-refractivity contribution in [1.29, 1.82) is 0 Å². The van der Waals surface area contributed by atoms with Gasteiger partial charge in [-0.15, -0.1) is 0 Å². The maximum atomic E-state index is 6.00. The summed E-state index contributed by atoms with van der Waals surface area (Å²) in [5, 5.41) is 4.33. The van der Waals surface area contributed by atoms with Crippen LogP contribution in [0.15, 0.2) is 78.9 Å². The molecule has 3 aromatic carbocycles. The number of nitrogens with one attached hydrogen (secondary N) is 1. The molecule has 27 heavy (non-hydrogen) atoms. The highest BCUT2D eigenvalue weighted by Gasteiger charge is 2.03. The van der Waals surface area contributed by atoms with E-state index in [4.69, 9.17) is 16.3 Å². The summed E-state index contributed by atoms with van der Waals surface area (Å²) in [7, 11) is 0. The highest BCUT2D eigenvalue weighted by Crippen LogP contribution is 2.16. The molecule has 0 aliphatic rings. The molecule has 2 nitrogen and oxygen atoms in total. The first-order valence-electron chi connectivity index (χ1n) is 9.42. The van der Waals surface area contributed by atoms with E-state index in [0.29, 0.717) is 12.6 Å². The molecule has 3 heteroatoms. The number of aryl methyl sites for hydroxylation is 1. The van der Waals surface area contributed by atoms with Gasteiger partial charge >= 0.3 is 0 Å². The molecule has 0 aromatic heterocycles. The molecule has 0 saturated carbocycles. The van der Waals surface area contributed by atoms with Crippen LogP contribution < -0.4 is 10.1 Å². The molecular weight excluding hydrogens is 354 g/mol. The Kier molecular flexibility index (Phi) is 7.32. The molecule has 1 atom stereocenters. The van der Waals surface area contributed by atoms with Crippen LogP contribution >= 0.6 is 11.6 Å². The van der Waals surface area contributed by atoms with Gasteiger partial charge in [-0.3, -0.25) is 0 Å². The van der Waals surface area contributed by atoms with E-state index >= 15 is 0 Å². The highest BCUT2D eigenvalue weighted by molar-refractivity contribution is 6.30. The summed E-state index contributed by atoms with van der Waals surface area (Å²) in [5.74, 6) is 0.871. The van der Waals surface area contributed by atoms with Crippen LogP contribution in [-0.4, -0.2) is 6.04 Å². The van der Waals surface area contributed by atoms with Gasteiger partial charge in [-0.25, -0.2) is 0 Å². The standard InChI is InChI=1S/C24H26ClNO/c1-19(10-11-20-6-3-2-4-7-20)26-17-21-12-14-24(15-13-21)27-18-22-8-5-9-23(25)16-22/h2-9,12-16,19,26H,10-11,17-18H2,1H3/t19-/m0/s1. The molecular formula is C24H26ClNO. The van der Waals surface area contributed by atoms with Crippen molar-refractivity contribution in [3.8, 4) is 5.75 Å². The van der Waals surface area contributed by atoms with E-state index in [1.807, 2.05) is 36.4 Å². The van der Waals surface area contributed by atoms with Gasteiger partial charge in [0.2, 0.25) is 0 Å². The lowest BCUT2D eigenvalue weighted by atomic mass is 10.1. The van der Waals surface area contributed by atoms with Crippen LogP contribution in [0.4, 0.5) is 0 Å². The van der Waals surface area contributed by atoms with Crippen LogP contribution in [0.5, 0.6) is 5.75 Å². The molecule has 0 radical (unpaired) electrons. The smallest absolute Gasteiger partial charge is 0.119 e. The summed E-state index contributed by atoms with van der Waals surface area (Å²) in [5.41, 5.74) is 3.73. The second-order valence-corrected chi connectivity index (χ2v) is 7.31. The van der Waals surface area contributed by atoms with Crippen molar-refractivity contribution in [3.05, 3.63) is 101 Å². The van der Waals surface area contributed by atoms with Crippen molar-refractivity contribution < 1.29 is 4.74 Å². The van der Waals surface area contributed by atoms with Crippen molar-refractivity contribution in [2.45, 2.75) is 39.0 Å². The monoisotopic (exact) mass is 379 g/mol. The van der Waals surface area contributed by atoms with E-state index in [2.05, 4.69) is 54.7 Å². The Morgan fingerprint density at radius 2 is 1.59 bits per heavy atom. The number of ether oxygens (including phenoxy) is 1. The fourth-order valence-electron chi connectivity index (χ4n) is 2.92. The summed E-state index contributed by atoms with van der Waals surface area (Å²) in [6, 6.07) is 27.1. The number of rotatable bonds is 9. The van der Waals surface area contributed by atoms with Gasteiger partial charge in [0.15, 0.2) is 0 Å². The molecule has 0 aliphatic carbocycles. The molecule has 140 valence electrons. The quantitative estimate of drug-likeness (QED) is 0.490. The number of halogens is 1. The first-order chi connectivity index (χ1) is 13.2. The van der Waals surface area contributed by atoms with Crippen molar-refractivity contribution >= 4 is 11.6 Å². The van der Waals surface area contributed by atoms with Crippen molar-refractivity contribution in [1.82, 2.24) is 5.32 Å². The molecule has 3 rings (SSSR count). The van der Waals surface area contributed by atoms with Gasteiger partial charge in [0.1, 0.15) is 12.4 Å². The summed E-state index contributed by atoms with van der Waals surface area (Å²) in [4.78, 5) is 0. The van der Waals surface area contributed by atoms with Gasteiger partial charge in [0.05, 0.1) is 0 Å². The molecule has 3 aromatic rings. The van der Waals surface area contributed by atoms with Gasteiger partial charge in [-0.1, -0.05) is 66.2 Å². The van der Waals surface area contributed by atoms with Gasteiger partial charge in [0, 0.05) is 17.6 Å². The first kappa shape index (κ1) is 19.5. The molecule has 0 saturated heterocycles. The summed E-state index contributed by atoms with van der Waals surface area (Å²) in [6.45, 7) is 3.63. The zero-order valence-electron chi connectivity index (χ0n) is 15.7. The lowest BCUT2D eigenvalue weighted by Gasteiger charge is -2.14. The van der Waals surface area contributed by atoms with Crippen LogP contribution in [0.2, 0.25) is 5.02 Å². The summed E-state index contributed by atoms with van der Waals surface area (Å²) < 4.78 is 5.84. The second-order valence-electron chi connectivity index (χ2n) is 6.87. The van der Waals surface area contributed by atoms with Crippen molar-refractivity contribution in [2.75, 3.05) is 0 Å². The third-order valence-electron chi connectivity index (χ3n) is 4.58. The predicted octanol–water partition coefficient (Wildman–Crippen LogP) is 6.03. The zero-order valence-corrected chi connectivity index (χ0v) is 16.5. The van der Waals surface area contributed by atoms with Gasteiger partial charge in [-0.05, 0) is 60.7 Å². The Hall–Kier alpha value is -2.29. The third-order valence-corrected chi connectivity index (χ3v) is 4.82. The number of hydrogen-bond acceptors (Lipinski definition) is 2. The normalized spacial score (nSPS) is 11.9. The topological polar surface area (TPSA) is 21.3 Å². The van der Waals surface area contributed by atoms with E-state index in [0.717, 1.165) is 35.7 Å². The largest absolute Gasteiger partial charge is 0.489 e. The maximum Gasteiger partial charge on any atom is 0.119 e. The molecule has 0 heterocycles. The van der Waals surface area contributed by atoms with E-state index in [-0.39, 0.29) is 0 Å². The first-order valence-corrected chi connectivity index (χ1v) is 9.80. The molecule has 0 unspecified atom stereocenters. The Labute approximate surface area is 167 Å². The summed E-state index contributed by atoms with van der Waals surface area (Å²) in [6.07, 6.45) is 2.23. The second kappa shape index (κ2) is 10.1. The number of hydrogen-bond donors (Lipinski definition) is 1. The van der Waals surface area contributed by atoms with Crippen molar-refractivity contribution in [2.24, 2.45) is 0 Å². The summed E-state index contributed by atoms with van der Waals surface area (Å²) >= 11 is 6.00. The van der Waals surface area contributed by atoms with Crippen molar-refractivity contribution in [3.63, 3.8) is 0 Å². The SMILES string of the molecule is C[C@@H](CCc1ccccc1)NCc1ccc(OCc2cccc(Cl)c2)cc1. The fraction of sp³-hybridized carbons (Fsp3) is 0.250. The Morgan fingerprint density at radius 3 is 2.33 bits per heavy atom.